The number of carbonyl (C=O) groups excluding carboxylic acids is 1. The van der Waals surface area contributed by atoms with Gasteiger partial charge in [-0.25, -0.2) is 0 Å². The number of rotatable bonds is 5. The third-order valence-corrected chi connectivity index (χ3v) is 2.47. The normalized spacial score (nSPS) is 10.1. The Morgan fingerprint density at radius 3 is 2.63 bits per heavy atom. The SMILES string of the molecule is O=C(O)Cn1ccc(C(=O)NCc2ccccc2)n1. The van der Waals surface area contributed by atoms with Gasteiger partial charge in [-0.05, 0) is 11.6 Å². The lowest BCUT2D eigenvalue weighted by Gasteiger charge is -2.02. The first kappa shape index (κ1) is 12.8. The van der Waals surface area contributed by atoms with Gasteiger partial charge in [0.1, 0.15) is 12.2 Å². The molecule has 6 heteroatoms. The zero-order valence-electron chi connectivity index (χ0n) is 10.1. The van der Waals surface area contributed by atoms with Crippen molar-refractivity contribution in [2.75, 3.05) is 0 Å². The van der Waals surface area contributed by atoms with Gasteiger partial charge >= 0.3 is 5.97 Å². The van der Waals surface area contributed by atoms with E-state index in [0.29, 0.717) is 6.54 Å². The van der Waals surface area contributed by atoms with E-state index in [-0.39, 0.29) is 18.1 Å². The lowest BCUT2D eigenvalue weighted by molar-refractivity contribution is -0.137. The number of aromatic nitrogens is 2. The van der Waals surface area contributed by atoms with Crippen LogP contribution in [0.1, 0.15) is 16.1 Å². The Hall–Kier alpha value is -2.63. The van der Waals surface area contributed by atoms with E-state index in [2.05, 4.69) is 10.4 Å². The largest absolute Gasteiger partial charge is 0.480 e. The van der Waals surface area contributed by atoms with E-state index in [0.717, 1.165) is 5.56 Å². The van der Waals surface area contributed by atoms with Crippen molar-refractivity contribution >= 4 is 11.9 Å². The van der Waals surface area contributed by atoms with Gasteiger partial charge in [0.05, 0.1) is 0 Å². The van der Waals surface area contributed by atoms with E-state index in [4.69, 9.17) is 5.11 Å². The molecule has 0 saturated heterocycles. The fourth-order valence-electron chi connectivity index (χ4n) is 1.58. The first-order valence-corrected chi connectivity index (χ1v) is 5.72. The highest BCUT2D eigenvalue weighted by atomic mass is 16.4. The Labute approximate surface area is 109 Å². The highest BCUT2D eigenvalue weighted by molar-refractivity contribution is 5.92. The van der Waals surface area contributed by atoms with Gasteiger partial charge in [-0.15, -0.1) is 0 Å². The van der Waals surface area contributed by atoms with E-state index in [9.17, 15) is 9.59 Å². The van der Waals surface area contributed by atoms with E-state index in [1.54, 1.807) is 0 Å². The summed E-state index contributed by atoms with van der Waals surface area (Å²) < 4.78 is 1.21. The van der Waals surface area contributed by atoms with E-state index >= 15 is 0 Å². The highest BCUT2D eigenvalue weighted by Crippen LogP contribution is 2.00. The third-order valence-electron chi connectivity index (χ3n) is 2.47. The van der Waals surface area contributed by atoms with Crippen LogP contribution in [-0.4, -0.2) is 26.8 Å². The molecular weight excluding hydrogens is 246 g/mol. The maximum atomic E-state index is 11.8. The summed E-state index contributed by atoms with van der Waals surface area (Å²) >= 11 is 0. The number of carboxylic acids is 1. The molecule has 2 rings (SSSR count). The predicted molar refractivity (Wildman–Crippen MR) is 67.5 cm³/mol. The molecule has 19 heavy (non-hydrogen) atoms. The summed E-state index contributed by atoms with van der Waals surface area (Å²) in [5, 5.41) is 15.2. The Bertz CT molecular complexity index is 578. The maximum absolute atomic E-state index is 11.8. The lowest BCUT2D eigenvalue weighted by atomic mass is 10.2. The fraction of sp³-hybridized carbons (Fsp3) is 0.154. The minimum atomic E-state index is -1.00. The Morgan fingerprint density at radius 2 is 1.95 bits per heavy atom. The number of aliphatic carboxylic acids is 1. The molecule has 0 saturated carbocycles. The van der Waals surface area contributed by atoms with Gasteiger partial charge < -0.3 is 10.4 Å². The van der Waals surface area contributed by atoms with E-state index in [1.165, 1.54) is 16.9 Å². The van der Waals surface area contributed by atoms with Crippen molar-refractivity contribution in [2.45, 2.75) is 13.1 Å². The second-order valence-corrected chi connectivity index (χ2v) is 3.96. The molecule has 1 aromatic heterocycles. The Kier molecular flexibility index (Phi) is 3.92. The number of nitrogens with one attached hydrogen (secondary N) is 1. The molecular formula is C13H13N3O3. The summed E-state index contributed by atoms with van der Waals surface area (Å²) in [4.78, 5) is 22.3. The van der Waals surface area contributed by atoms with Crippen LogP contribution in [0.2, 0.25) is 0 Å². The molecule has 2 aromatic rings. The molecule has 2 N–H and O–H groups in total. The van der Waals surface area contributed by atoms with Crippen LogP contribution >= 0.6 is 0 Å². The van der Waals surface area contributed by atoms with Crippen LogP contribution in [0.15, 0.2) is 42.6 Å². The molecule has 1 aromatic carbocycles. The zero-order valence-corrected chi connectivity index (χ0v) is 10.1. The van der Waals surface area contributed by atoms with Crippen molar-refractivity contribution in [3.8, 4) is 0 Å². The molecule has 6 nitrogen and oxygen atoms in total. The highest BCUT2D eigenvalue weighted by Gasteiger charge is 2.10. The van der Waals surface area contributed by atoms with Crippen molar-refractivity contribution in [2.24, 2.45) is 0 Å². The van der Waals surface area contributed by atoms with Crippen LogP contribution in [-0.2, 0) is 17.9 Å². The van der Waals surface area contributed by atoms with Gasteiger partial charge in [0.2, 0.25) is 0 Å². The van der Waals surface area contributed by atoms with Gasteiger partial charge in [-0.1, -0.05) is 30.3 Å². The summed E-state index contributed by atoms with van der Waals surface area (Å²) in [7, 11) is 0. The van der Waals surface area contributed by atoms with E-state index < -0.39 is 5.97 Å². The van der Waals surface area contributed by atoms with Crippen LogP contribution < -0.4 is 5.32 Å². The van der Waals surface area contributed by atoms with Crippen molar-refractivity contribution < 1.29 is 14.7 Å². The quantitative estimate of drug-likeness (QED) is 0.835. The van der Waals surface area contributed by atoms with Crippen molar-refractivity contribution in [1.29, 1.82) is 0 Å². The van der Waals surface area contributed by atoms with Crippen LogP contribution in [0.3, 0.4) is 0 Å². The van der Waals surface area contributed by atoms with Crippen LogP contribution in [0.4, 0.5) is 0 Å². The zero-order chi connectivity index (χ0) is 13.7. The smallest absolute Gasteiger partial charge is 0.325 e. The summed E-state index contributed by atoms with van der Waals surface area (Å²) in [6, 6.07) is 11.0. The Morgan fingerprint density at radius 1 is 1.21 bits per heavy atom. The summed E-state index contributed by atoms with van der Waals surface area (Å²) in [6.07, 6.45) is 1.46. The minimum absolute atomic E-state index is 0.206. The standard InChI is InChI=1S/C13H13N3O3/c17-12(18)9-16-7-6-11(15-16)13(19)14-8-10-4-2-1-3-5-10/h1-7H,8-9H2,(H,14,19)(H,17,18). The van der Waals surface area contributed by atoms with Gasteiger partial charge in [0, 0.05) is 12.7 Å². The van der Waals surface area contributed by atoms with Crippen LogP contribution in [0.25, 0.3) is 0 Å². The summed E-state index contributed by atoms with van der Waals surface area (Å²) in [6.45, 7) is 0.150. The van der Waals surface area contributed by atoms with Gasteiger partial charge in [-0.3, -0.25) is 14.3 Å². The van der Waals surface area contributed by atoms with Crippen molar-refractivity contribution in [1.82, 2.24) is 15.1 Å². The molecule has 98 valence electrons. The van der Waals surface area contributed by atoms with E-state index in [1.807, 2.05) is 30.3 Å². The second-order valence-electron chi connectivity index (χ2n) is 3.96. The number of hydrogen-bond donors (Lipinski definition) is 2. The molecule has 0 atom stereocenters. The first-order valence-electron chi connectivity index (χ1n) is 5.72. The molecule has 0 radical (unpaired) electrons. The molecule has 0 aliphatic heterocycles. The molecule has 0 unspecified atom stereocenters. The maximum Gasteiger partial charge on any atom is 0.325 e. The topological polar surface area (TPSA) is 84.2 Å². The molecule has 0 fully saturated rings. The lowest BCUT2D eigenvalue weighted by Crippen LogP contribution is -2.23. The summed E-state index contributed by atoms with van der Waals surface area (Å²) in [5.74, 6) is -1.33. The number of nitrogens with zero attached hydrogens (tertiary/aromatic N) is 2. The van der Waals surface area contributed by atoms with Crippen molar-refractivity contribution in [3.63, 3.8) is 0 Å². The predicted octanol–water partition coefficient (Wildman–Crippen LogP) is 0.898. The molecule has 0 spiro atoms. The molecule has 0 aliphatic rings. The molecule has 1 heterocycles. The third kappa shape index (κ3) is 3.67. The number of benzene rings is 1. The average Bonchev–Trinajstić information content (AvgIpc) is 2.85. The second kappa shape index (κ2) is 5.81. The van der Waals surface area contributed by atoms with Gasteiger partial charge in [-0.2, -0.15) is 5.10 Å². The first-order chi connectivity index (χ1) is 9.15. The number of carboxylic acid groups (broad SMARTS) is 1. The van der Waals surface area contributed by atoms with Crippen LogP contribution in [0.5, 0.6) is 0 Å². The fourth-order valence-corrected chi connectivity index (χ4v) is 1.58. The molecule has 1 amide bonds. The monoisotopic (exact) mass is 259 g/mol. The van der Waals surface area contributed by atoms with Gasteiger partial charge in [0.25, 0.3) is 5.91 Å². The minimum Gasteiger partial charge on any atom is -0.480 e. The molecule has 0 aliphatic carbocycles. The average molecular weight is 259 g/mol. The number of carbonyl (C=O) groups is 2. The summed E-state index contributed by atoms with van der Waals surface area (Å²) in [5.41, 5.74) is 1.19. The number of amides is 1. The van der Waals surface area contributed by atoms with Crippen molar-refractivity contribution in [3.05, 3.63) is 53.9 Å². The molecule has 0 bridgehead atoms. The number of hydrogen-bond acceptors (Lipinski definition) is 3. The van der Waals surface area contributed by atoms with Gasteiger partial charge in [0.15, 0.2) is 0 Å². The van der Waals surface area contributed by atoms with Crippen LogP contribution in [0, 0.1) is 0 Å². The Balaban J connectivity index is 1.93.